The number of nitrogens with one attached hydrogen (secondary N) is 2. The maximum Gasteiger partial charge on any atom is 0.255 e. The van der Waals surface area contributed by atoms with E-state index in [0.29, 0.717) is 27.9 Å². The Kier molecular flexibility index (Phi) is 5.52. The summed E-state index contributed by atoms with van der Waals surface area (Å²) in [5.41, 5.74) is 2.49. The van der Waals surface area contributed by atoms with Crippen molar-refractivity contribution in [2.75, 3.05) is 13.7 Å². The molecule has 0 saturated heterocycles. The van der Waals surface area contributed by atoms with Crippen LogP contribution < -0.4 is 10.1 Å². The maximum atomic E-state index is 13.0. The summed E-state index contributed by atoms with van der Waals surface area (Å²) in [6.07, 6.45) is 2.96. The van der Waals surface area contributed by atoms with Gasteiger partial charge in [-0.2, -0.15) is 5.10 Å². The number of H-pyrrole nitrogens is 1. The highest BCUT2D eigenvalue weighted by atomic mass is 19.1. The third-order valence-electron chi connectivity index (χ3n) is 4.02. The fourth-order valence-electron chi connectivity index (χ4n) is 2.70. The summed E-state index contributed by atoms with van der Waals surface area (Å²) in [4.78, 5) is 12.4. The number of aromatic amines is 1. The number of benzene rings is 2. The second-order valence-electron chi connectivity index (χ2n) is 6.12. The van der Waals surface area contributed by atoms with Gasteiger partial charge in [0.2, 0.25) is 0 Å². The largest absolute Gasteiger partial charge is 0.495 e. The van der Waals surface area contributed by atoms with E-state index < -0.39 is 6.10 Å². The summed E-state index contributed by atoms with van der Waals surface area (Å²) in [7, 11) is 1.49. The van der Waals surface area contributed by atoms with Crippen LogP contribution in [0.3, 0.4) is 0 Å². The number of carbonyl (C=O) groups excluding carboxylic acids is 1. The molecule has 3 rings (SSSR count). The highest BCUT2D eigenvalue weighted by molar-refractivity contribution is 6.05. The molecule has 6 nitrogen and oxygen atoms in total. The maximum absolute atomic E-state index is 13.0. The third kappa shape index (κ3) is 4.15. The predicted molar refractivity (Wildman–Crippen MR) is 102 cm³/mol. The fourth-order valence-corrected chi connectivity index (χ4v) is 2.70. The summed E-state index contributed by atoms with van der Waals surface area (Å²) in [5, 5.41) is 19.9. The van der Waals surface area contributed by atoms with Crippen LogP contribution in [-0.4, -0.2) is 41.0 Å². The molecule has 0 unspecified atom stereocenters. The van der Waals surface area contributed by atoms with Crippen molar-refractivity contribution < 1.29 is 19.0 Å². The molecule has 2 aromatic carbocycles. The molecule has 0 radical (unpaired) electrons. The number of nitrogens with zero attached hydrogens (tertiary/aromatic N) is 1. The van der Waals surface area contributed by atoms with Crippen LogP contribution in [0.5, 0.6) is 5.75 Å². The third-order valence-corrected chi connectivity index (χ3v) is 4.02. The van der Waals surface area contributed by atoms with E-state index in [0.717, 1.165) is 5.56 Å². The van der Waals surface area contributed by atoms with Crippen molar-refractivity contribution in [1.82, 2.24) is 15.5 Å². The van der Waals surface area contributed by atoms with Gasteiger partial charge in [0.1, 0.15) is 11.6 Å². The van der Waals surface area contributed by atoms with Crippen LogP contribution in [0.15, 0.2) is 36.4 Å². The lowest BCUT2D eigenvalue weighted by Crippen LogP contribution is -2.30. The van der Waals surface area contributed by atoms with Crippen molar-refractivity contribution in [3.63, 3.8) is 0 Å². The summed E-state index contributed by atoms with van der Waals surface area (Å²) in [6, 6.07) is 9.45. The molecular weight excluding hydrogens is 349 g/mol. The lowest BCUT2D eigenvalue weighted by atomic mass is 10.1. The Morgan fingerprint density at radius 1 is 1.30 bits per heavy atom. The molecule has 1 atom stereocenters. The van der Waals surface area contributed by atoms with Gasteiger partial charge in [-0.05, 0) is 42.8 Å². The van der Waals surface area contributed by atoms with Crippen molar-refractivity contribution in [1.29, 1.82) is 0 Å². The summed E-state index contributed by atoms with van der Waals surface area (Å²) >= 11 is 0. The number of aliphatic hydroxyl groups is 1. The van der Waals surface area contributed by atoms with Crippen molar-refractivity contribution in [2.45, 2.75) is 13.0 Å². The van der Waals surface area contributed by atoms with Crippen molar-refractivity contribution in [2.24, 2.45) is 0 Å². The van der Waals surface area contributed by atoms with Crippen LogP contribution in [0.4, 0.5) is 4.39 Å². The topological polar surface area (TPSA) is 87.2 Å². The molecule has 0 aliphatic carbocycles. The zero-order valence-corrected chi connectivity index (χ0v) is 15.0. The molecule has 3 aromatic rings. The van der Waals surface area contributed by atoms with Gasteiger partial charge in [-0.3, -0.25) is 9.89 Å². The average Bonchev–Trinajstić information content (AvgIpc) is 3.08. The molecule has 3 N–H and O–H groups in total. The van der Waals surface area contributed by atoms with Crippen molar-refractivity contribution >= 4 is 29.0 Å². The molecular formula is C20H20FN3O3. The molecule has 140 valence electrons. The zero-order valence-electron chi connectivity index (χ0n) is 15.0. The smallest absolute Gasteiger partial charge is 0.255 e. The van der Waals surface area contributed by atoms with Gasteiger partial charge in [0.05, 0.1) is 35.4 Å². The van der Waals surface area contributed by atoms with Crippen LogP contribution in [0.2, 0.25) is 0 Å². The minimum atomic E-state index is -0.646. The first-order valence-corrected chi connectivity index (χ1v) is 8.44. The molecule has 0 fully saturated rings. The highest BCUT2D eigenvalue weighted by Crippen LogP contribution is 2.32. The Morgan fingerprint density at radius 2 is 2.04 bits per heavy atom. The van der Waals surface area contributed by atoms with E-state index in [1.807, 2.05) is 6.08 Å². The van der Waals surface area contributed by atoms with Gasteiger partial charge in [-0.15, -0.1) is 0 Å². The van der Waals surface area contributed by atoms with Crippen molar-refractivity contribution in [3.05, 3.63) is 59.0 Å². The number of amides is 1. The Hall–Kier alpha value is -3.19. The minimum absolute atomic E-state index is 0.142. The Labute approximate surface area is 155 Å². The zero-order chi connectivity index (χ0) is 19.4. The molecule has 0 bridgehead atoms. The van der Waals surface area contributed by atoms with Gasteiger partial charge in [0.15, 0.2) is 0 Å². The quantitative estimate of drug-likeness (QED) is 0.623. The van der Waals surface area contributed by atoms with E-state index in [-0.39, 0.29) is 18.3 Å². The number of fused-ring (bicyclic) bond motifs is 1. The van der Waals surface area contributed by atoms with Gasteiger partial charge in [0, 0.05) is 6.54 Å². The molecule has 1 amide bonds. The van der Waals surface area contributed by atoms with Crippen molar-refractivity contribution in [3.8, 4) is 5.75 Å². The number of hydrogen-bond donors (Lipinski definition) is 3. The Bertz CT molecular complexity index is 978. The molecule has 7 heteroatoms. The molecule has 27 heavy (non-hydrogen) atoms. The van der Waals surface area contributed by atoms with Gasteiger partial charge in [-0.25, -0.2) is 4.39 Å². The van der Waals surface area contributed by atoms with Crippen LogP contribution in [-0.2, 0) is 0 Å². The molecule has 0 aliphatic rings. The average molecular weight is 369 g/mol. The van der Waals surface area contributed by atoms with Crippen LogP contribution >= 0.6 is 0 Å². The lowest BCUT2D eigenvalue weighted by molar-refractivity contribution is 0.0921. The summed E-state index contributed by atoms with van der Waals surface area (Å²) in [6.45, 7) is 1.73. The van der Waals surface area contributed by atoms with Gasteiger partial charge >= 0.3 is 0 Å². The van der Waals surface area contributed by atoms with E-state index in [1.165, 1.54) is 19.2 Å². The number of halogens is 1. The summed E-state index contributed by atoms with van der Waals surface area (Å²) in [5.74, 6) is -0.249. The van der Waals surface area contributed by atoms with E-state index in [4.69, 9.17) is 4.74 Å². The number of rotatable bonds is 6. The Morgan fingerprint density at radius 3 is 2.70 bits per heavy atom. The lowest BCUT2D eigenvalue weighted by Gasteiger charge is -2.11. The fraction of sp³-hybridized carbons (Fsp3) is 0.200. The predicted octanol–water partition coefficient (Wildman–Crippen LogP) is 2.99. The first kappa shape index (κ1) is 18.6. The molecule has 1 heterocycles. The first-order valence-electron chi connectivity index (χ1n) is 8.44. The van der Waals surface area contributed by atoms with Crippen LogP contribution in [0, 0.1) is 5.82 Å². The van der Waals surface area contributed by atoms with Crippen LogP contribution in [0.25, 0.3) is 23.1 Å². The van der Waals surface area contributed by atoms with Gasteiger partial charge in [0.25, 0.3) is 5.91 Å². The second-order valence-corrected chi connectivity index (χ2v) is 6.12. The number of hydrogen-bond acceptors (Lipinski definition) is 4. The van der Waals surface area contributed by atoms with E-state index in [1.54, 1.807) is 37.3 Å². The van der Waals surface area contributed by atoms with E-state index >= 15 is 0 Å². The number of methoxy groups -OCH3 is 1. The molecule has 0 saturated carbocycles. The number of carbonyl (C=O) groups is 1. The molecule has 0 spiro atoms. The van der Waals surface area contributed by atoms with Crippen LogP contribution in [0.1, 0.15) is 28.5 Å². The van der Waals surface area contributed by atoms with E-state index in [2.05, 4.69) is 15.5 Å². The monoisotopic (exact) mass is 369 g/mol. The first-order chi connectivity index (χ1) is 13.0. The molecule has 0 aliphatic heterocycles. The Balaban J connectivity index is 1.98. The molecule has 1 aromatic heterocycles. The highest BCUT2D eigenvalue weighted by Gasteiger charge is 2.19. The SMILES string of the molecule is COc1c(C(=O)NC[C@H](C)O)ccc2n[nH]c(/C=C/c3ccc(F)cc3)c12. The summed E-state index contributed by atoms with van der Waals surface area (Å²) < 4.78 is 18.5. The normalized spacial score (nSPS) is 12.4. The number of ether oxygens (including phenoxy) is 1. The standard InChI is InChI=1S/C20H20FN3O3/c1-12(25)11-22-20(26)15-8-10-17-18(19(15)27-2)16(23-24-17)9-5-13-3-6-14(21)7-4-13/h3-10,12,25H,11H2,1-2H3,(H,22,26)(H,23,24)/b9-5+/t12-/m0/s1. The number of aromatic nitrogens is 2. The number of aliphatic hydroxyl groups excluding tert-OH is 1. The van der Waals surface area contributed by atoms with Gasteiger partial charge < -0.3 is 15.2 Å². The minimum Gasteiger partial charge on any atom is -0.495 e. The second kappa shape index (κ2) is 8.01. The van der Waals surface area contributed by atoms with Gasteiger partial charge in [-0.1, -0.05) is 18.2 Å². The van der Waals surface area contributed by atoms with E-state index in [9.17, 15) is 14.3 Å².